The Kier molecular flexibility index (Phi) is 5.21. The maximum Gasteiger partial charge on any atom is 0.119 e. The van der Waals surface area contributed by atoms with E-state index in [2.05, 4.69) is 37.4 Å². The van der Waals surface area contributed by atoms with Crippen molar-refractivity contribution in [2.75, 3.05) is 18.5 Å². The van der Waals surface area contributed by atoms with Crippen molar-refractivity contribution in [3.05, 3.63) is 23.8 Å². The summed E-state index contributed by atoms with van der Waals surface area (Å²) in [6.07, 6.45) is 9.40. The van der Waals surface area contributed by atoms with Crippen LogP contribution in [0.5, 0.6) is 5.75 Å². The Hall–Kier alpha value is -1.22. The molecule has 0 spiro atoms. The van der Waals surface area contributed by atoms with Crippen LogP contribution in [0.3, 0.4) is 0 Å². The zero-order valence-electron chi connectivity index (χ0n) is 15.8. The minimum atomic E-state index is 0.254. The second-order valence-corrected chi connectivity index (χ2v) is 8.59. The van der Waals surface area contributed by atoms with Crippen LogP contribution in [0.4, 0.5) is 5.69 Å². The standard InChI is InChI=1S/C22H33NO2/c1-15(2)11-13-24-17-9-10-20-19(14-17)22-18(8-5-12-25-22)21(23-20)16-6-3-4-7-16/h9-10,14-16,18,21-23H,3-8,11-13H2,1-2H3/t18-,21-,22-/m0/s1. The van der Waals surface area contributed by atoms with Crippen LogP contribution in [-0.4, -0.2) is 19.3 Å². The number of hydrogen-bond donors (Lipinski definition) is 1. The van der Waals surface area contributed by atoms with E-state index in [1.165, 1.54) is 49.8 Å². The zero-order chi connectivity index (χ0) is 17.2. The third-order valence-corrected chi connectivity index (χ3v) is 6.35. The molecule has 0 aromatic heterocycles. The van der Waals surface area contributed by atoms with Gasteiger partial charge in [-0.2, -0.15) is 0 Å². The maximum absolute atomic E-state index is 6.30. The summed E-state index contributed by atoms with van der Waals surface area (Å²) >= 11 is 0. The molecule has 2 fully saturated rings. The molecule has 1 aliphatic carbocycles. The van der Waals surface area contributed by atoms with Crippen LogP contribution in [0.25, 0.3) is 0 Å². The molecular formula is C22H33NO2. The molecule has 3 atom stereocenters. The van der Waals surface area contributed by atoms with Gasteiger partial charge < -0.3 is 14.8 Å². The lowest BCUT2D eigenvalue weighted by Gasteiger charge is -2.45. The first-order chi connectivity index (χ1) is 12.2. The van der Waals surface area contributed by atoms with Crippen LogP contribution in [0, 0.1) is 17.8 Å². The van der Waals surface area contributed by atoms with E-state index < -0.39 is 0 Å². The molecule has 1 aromatic rings. The first-order valence-corrected chi connectivity index (χ1v) is 10.4. The summed E-state index contributed by atoms with van der Waals surface area (Å²) in [4.78, 5) is 0. The first kappa shape index (κ1) is 17.2. The third-order valence-electron chi connectivity index (χ3n) is 6.35. The van der Waals surface area contributed by atoms with Crippen LogP contribution < -0.4 is 10.1 Å². The van der Waals surface area contributed by atoms with E-state index in [0.717, 1.165) is 31.3 Å². The number of rotatable bonds is 5. The van der Waals surface area contributed by atoms with Crippen LogP contribution >= 0.6 is 0 Å². The fourth-order valence-electron chi connectivity index (χ4n) is 4.97. The van der Waals surface area contributed by atoms with Crippen molar-refractivity contribution in [1.82, 2.24) is 0 Å². The van der Waals surface area contributed by atoms with Gasteiger partial charge in [0.25, 0.3) is 0 Å². The van der Waals surface area contributed by atoms with E-state index >= 15 is 0 Å². The number of fused-ring (bicyclic) bond motifs is 3. The van der Waals surface area contributed by atoms with Gasteiger partial charge >= 0.3 is 0 Å². The van der Waals surface area contributed by atoms with Crippen LogP contribution in [0.1, 0.15) is 70.5 Å². The Morgan fingerprint density at radius 1 is 1.16 bits per heavy atom. The predicted molar refractivity (Wildman–Crippen MR) is 102 cm³/mol. The monoisotopic (exact) mass is 343 g/mol. The SMILES string of the molecule is CC(C)CCOc1ccc2c(c1)[C@H]1OCCC[C@H]1[C@H](C1CCCC1)N2. The maximum atomic E-state index is 6.30. The molecule has 2 aliphatic heterocycles. The molecule has 25 heavy (non-hydrogen) atoms. The van der Waals surface area contributed by atoms with Gasteiger partial charge in [0.2, 0.25) is 0 Å². The van der Waals surface area contributed by atoms with Gasteiger partial charge in [0.1, 0.15) is 5.75 Å². The first-order valence-electron chi connectivity index (χ1n) is 10.4. The molecule has 1 aromatic carbocycles. The molecule has 1 saturated heterocycles. The molecule has 1 N–H and O–H groups in total. The molecular weight excluding hydrogens is 310 g/mol. The Balaban J connectivity index is 1.55. The van der Waals surface area contributed by atoms with Crippen molar-refractivity contribution in [2.24, 2.45) is 17.8 Å². The summed E-state index contributed by atoms with van der Waals surface area (Å²) < 4.78 is 12.3. The normalized spacial score (nSPS) is 29.2. The largest absolute Gasteiger partial charge is 0.494 e. The number of benzene rings is 1. The summed E-state index contributed by atoms with van der Waals surface area (Å²) in [5.41, 5.74) is 2.59. The van der Waals surface area contributed by atoms with Crippen molar-refractivity contribution in [2.45, 2.75) is 70.9 Å². The smallest absolute Gasteiger partial charge is 0.119 e. The number of nitrogens with one attached hydrogen (secondary N) is 1. The summed E-state index contributed by atoms with van der Waals surface area (Å²) in [7, 11) is 0. The van der Waals surface area contributed by atoms with Gasteiger partial charge in [-0.3, -0.25) is 0 Å². The van der Waals surface area contributed by atoms with Crippen molar-refractivity contribution >= 4 is 5.69 Å². The van der Waals surface area contributed by atoms with Gasteiger partial charge in [0.15, 0.2) is 0 Å². The lowest BCUT2D eigenvalue weighted by Crippen LogP contribution is -2.45. The predicted octanol–water partition coefficient (Wildman–Crippen LogP) is 5.56. The third kappa shape index (κ3) is 3.67. The quantitative estimate of drug-likeness (QED) is 0.759. The molecule has 3 heteroatoms. The molecule has 3 aliphatic rings. The van der Waals surface area contributed by atoms with Gasteiger partial charge in [-0.25, -0.2) is 0 Å². The minimum absolute atomic E-state index is 0.254. The van der Waals surface area contributed by atoms with Gasteiger partial charge in [0, 0.05) is 29.8 Å². The summed E-state index contributed by atoms with van der Waals surface area (Å²) in [6, 6.07) is 7.17. The second kappa shape index (κ2) is 7.57. The highest BCUT2D eigenvalue weighted by Crippen LogP contribution is 2.48. The van der Waals surface area contributed by atoms with Gasteiger partial charge in [0.05, 0.1) is 12.7 Å². The van der Waals surface area contributed by atoms with Crippen molar-refractivity contribution < 1.29 is 9.47 Å². The lowest BCUT2D eigenvalue weighted by molar-refractivity contribution is -0.0437. The second-order valence-electron chi connectivity index (χ2n) is 8.59. The summed E-state index contributed by atoms with van der Waals surface area (Å²) in [6.45, 7) is 6.17. The van der Waals surface area contributed by atoms with Gasteiger partial charge in [-0.15, -0.1) is 0 Å². The summed E-state index contributed by atoms with van der Waals surface area (Å²) in [5, 5.41) is 3.90. The highest BCUT2D eigenvalue weighted by Gasteiger charge is 2.42. The topological polar surface area (TPSA) is 30.5 Å². The molecule has 0 radical (unpaired) electrons. The average molecular weight is 344 g/mol. The molecule has 0 unspecified atom stereocenters. The molecule has 4 rings (SSSR count). The minimum Gasteiger partial charge on any atom is -0.494 e. The Morgan fingerprint density at radius 3 is 2.80 bits per heavy atom. The average Bonchev–Trinajstić information content (AvgIpc) is 3.15. The van der Waals surface area contributed by atoms with Gasteiger partial charge in [-0.05, 0) is 62.1 Å². The Labute approximate surface area is 152 Å². The van der Waals surface area contributed by atoms with E-state index in [1.54, 1.807) is 0 Å². The van der Waals surface area contributed by atoms with E-state index in [9.17, 15) is 0 Å². The van der Waals surface area contributed by atoms with Gasteiger partial charge in [-0.1, -0.05) is 26.7 Å². The van der Waals surface area contributed by atoms with Crippen molar-refractivity contribution in [3.8, 4) is 5.75 Å². The Bertz CT molecular complexity index is 579. The molecule has 1 saturated carbocycles. The summed E-state index contributed by atoms with van der Waals surface area (Å²) in [5.74, 6) is 3.12. The van der Waals surface area contributed by atoms with Crippen LogP contribution in [0.2, 0.25) is 0 Å². The van der Waals surface area contributed by atoms with Crippen molar-refractivity contribution in [1.29, 1.82) is 0 Å². The highest BCUT2D eigenvalue weighted by atomic mass is 16.5. The molecule has 138 valence electrons. The van der Waals surface area contributed by atoms with Crippen molar-refractivity contribution in [3.63, 3.8) is 0 Å². The fourth-order valence-corrected chi connectivity index (χ4v) is 4.97. The Morgan fingerprint density at radius 2 is 2.00 bits per heavy atom. The van der Waals surface area contributed by atoms with Crippen LogP contribution in [-0.2, 0) is 4.74 Å². The molecule has 3 nitrogen and oxygen atoms in total. The lowest BCUT2D eigenvalue weighted by atomic mass is 9.75. The number of anilines is 1. The zero-order valence-corrected chi connectivity index (χ0v) is 15.8. The number of ether oxygens (including phenoxy) is 2. The molecule has 2 heterocycles. The van der Waals surface area contributed by atoms with E-state index in [1.807, 2.05) is 0 Å². The number of hydrogen-bond acceptors (Lipinski definition) is 3. The molecule has 0 amide bonds. The fraction of sp³-hybridized carbons (Fsp3) is 0.727. The van der Waals surface area contributed by atoms with E-state index in [0.29, 0.717) is 17.9 Å². The van der Waals surface area contributed by atoms with E-state index in [-0.39, 0.29) is 6.10 Å². The van der Waals surface area contributed by atoms with Crippen LogP contribution in [0.15, 0.2) is 18.2 Å². The molecule has 0 bridgehead atoms. The van der Waals surface area contributed by atoms with E-state index in [4.69, 9.17) is 9.47 Å². The highest BCUT2D eigenvalue weighted by molar-refractivity contribution is 5.58.